The van der Waals surface area contributed by atoms with Crippen LogP contribution in [0.1, 0.15) is 39.0 Å². The number of morpholine rings is 1. The van der Waals surface area contributed by atoms with Gasteiger partial charge in [-0.05, 0) is 12.8 Å². The van der Waals surface area contributed by atoms with Crippen LogP contribution in [0.5, 0.6) is 0 Å². The summed E-state index contributed by atoms with van der Waals surface area (Å²) in [6, 6.07) is 0. The van der Waals surface area contributed by atoms with Crippen LogP contribution < -0.4 is 5.32 Å². The Kier molecular flexibility index (Phi) is 4.79. The van der Waals surface area contributed by atoms with Crippen LogP contribution in [-0.4, -0.2) is 36.3 Å². The van der Waals surface area contributed by atoms with Gasteiger partial charge in [-0.1, -0.05) is 26.2 Å². The first-order valence-electron chi connectivity index (χ1n) is 6.34. The molecule has 0 aromatic heterocycles. The summed E-state index contributed by atoms with van der Waals surface area (Å²) in [5.74, 6) is 0. The predicted octanol–water partition coefficient (Wildman–Crippen LogP) is 2.43. The average Bonchev–Trinajstić information content (AvgIpc) is 2.31. The summed E-state index contributed by atoms with van der Waals surface area (Å²) in [5.41, 5.74) is 0. The lowest BCUT2D eigenvalue weighted by Crippen LogP contribution is -2.43. The molecule has 1 aliphatic carbocycles. The maximum atomic E-state index is 5.80. The number of nitrogens with one attached hydrogen (secondary N) is 1. The quantitative estimate of drug-likeness (QED) is 0.803. The Morgan fingerprint density at radius 3 is 2.73 bits per heavy atom. The molecular formula is C12H23NOS. The third-order valence-electron chi connectivity index (χ3n) is 3.44. The highest BCUT2D eigenvalue weighted by Crippen LogP contribution is 2.32. The van der Waals surface area contributed by atoms with E-state index in [0.717, 1.165) is 24.9 Å². The molecular weight excluding hydrogens is 206 g/mol. The summed E-state index contributed by atoms with van der Waals surface area (Å²) < 4.78 is 5.80. The van der Waals surface area contributed by atoms with Gasteiger partial charge in [-0.3, -0.25) is 0 Å². The number of thioether (sulfide) groups is 1. The van der Waals surface area contributed by atoms with E-state index in [0.29, 0.717) is 11.4 Å². The minimum Gasteiger partial charge on any atom is -0.374 e. The molecule has 2 rings (SSSR count). The Hall–Kier alpha value is 0.270. The van der Waals surface area contributed by atoms with Gasteiger partial charge in [0.25, 0.3) is 0 Å². The van der Waals surface area contributed by atoms with Crippen molar-refractivity contribution < 1.29 is 4.74 Å². The number of hydrogen-bond donors (Lipinski definition) is 1. The largest absolute Gasteiger partial charge is 0.374 e. The molecule has 0 aromatic rings. The van der Waals surface area contributed by atoms with Crippen LogP contribution in [0.4, 0.5) is 0 Å². The third kappa shape index (κ3) is 3.65. The van der Waals surface area contributed by atoms with Crippen molar-refractivity contribution >= 4 is 11.8 Å². The van der Waals surface area contributed by atoms with Crippen LogP contribution in [0.3, 0.4) is 0 Å². The first-order valence-corrected chi connectivity index (χ1v) is 7.28. The van der Waals surface area contributed by atoms with Gasteiger partial charge in [0.15, 0.2) is 0 Å². The lowest BCUT2D eigenvalue weighted by molar-refractivity contribution is 0.0301. The third-order valence-corrected chi connectivity index (χ3v) is 5.03. The molecule has 0 bridgehead atoms. The standard InChI is InChI=1S/C12H23NOS/c1-10(12-9-13-7-8-14-12)15-11-5-3-2-4-6-11/h10-13H,2-9H2,1H3. The minimum atomic E-state index is 0.436. The van der Waals surface area contributed by atoms with Gasteiger partial charge in [0.1, 0.15) is 0 Å². The van der Waals surface area contributed by atoms with Crippen LogP contribution in [0.15, 0.2) is 0 Å². The topological polar surface area (TPSA) is 21.3 Å². The van der Waals surface area contributed by atoms with Crippen molar-refractivity contribution in [1.82, 2.24) is 5.32 Å². The molecule has 2 atom stereocenters. The van der Waals surface area contributed by atoms with Gasteiger partial charge < -0.3 is 10.1 Å². The SMILES string of the molecule is CC(SC1CCCCC1)C1CNCCO1. The molecule has 15 heavy (non-hydrogen) atoms. The van der Waals surface area contributed by atoms with Crippen LogP contribution >= 0.6 is 11.8 Å². The van der Waals surface area contributed by atoms with Crippen molar-refractivity contribution in [2.45, 2.75) is 55.6 Å². The highest BCUT2D eigenvalue weighted by Gasteiger charge is 2.24. The number of hydrogen-bond acceptors (Lipinski definition) is 3. The van der Waals surface area contributed by atoms with Crippen LogP contribution in [0, 0.1) is 0 Å². The summed E-state index contributed by atoms with van der Waals surface area (Å²) >= 11 is 2.16. The number of rotatable bonds is 3. The molecule has 1 saturated heterocycles. The Labute approximate surface area is 97.5 Å². The predicted molar refractivity (Wildman–Crippen MR) is 66.5 cm³/mol. The van der Waals surface area contributed by atoms with Crippen LogP contribution in [0.2, 0.25) is 0 Å². The van der Waals surface area contributed by atoms with E-state index in [9.17, 15) is 0 Å². The summed E-state index contributed by atoms with van der Waals surface area (Å²) in [7, 11) is 0. The van der Waals surface area contributed by atoms with E-state index < -0.39 is 0 Å². The average molecular weight is 229 g/mol. The smallest absolute Gasteiger partial charge is 0.0815 e. The molecule has 2 nitrogen and oxygen atoms in total. The minimum absolute atomic E-state index is 0.436. The Bertz CT molecular complexity index is 176. The van der Waals surface area contributed by atoms with E-state index in [2.05, 4.69) is 24.0 Å². The summed E-state index contributed by atoms with van der Waals surface area (Å²) in [5, 5.41) is 4.97. The summed E-state index contributed by atoms with van der Waals surface area (Å²) in [4.78, 5) is 0. The Morgan fingerprint density at radius 2 is 2.07 bits per heavy atom. The molecule has 3 heteroatoms. The molecule has 1 aliphatic heterocycles. The highest BCUT2D eigenvalue weighted by molar-refractivity contribution is 8.00. The first-order chi connectivity index (χ1) is 7.36. The maximum absolute atomic E-state index is 5.80. The van der Waals surface area contributed by atoms with Gasteiger partial charge in [0.05, 0.1) is 12.7 Å². The van der Waals surface area contributed by atoms with E-state index in [1.807, 2.05) is 0 Å². The molecule has 1 heterocycles. The van der Waals surface area contributed by atoms with Crippen molar-refractivity contribution in [3.63, 3.8) is 0 Å². The molecule has 0 aromatic carbocycles. The van der Waals surface area contributed by atoms with Crippen LogP contribution in [0.25, 0.3) is 0 Å². The van der Waals surface area contributed by atoms with Gasteiger partial charge in [0, 0.05) is 23.6 Å². The molecule has 2 unspecified atom stereocenters. The molecule has 88 valence electrons. The zero-order chi connectivity index (χ0) is 10.5. The van der Waals surface area contributed by atoms with Gasteiger partial charge in [0.2, 0.25) is 0 Å². The normalized spacial score (nSPS) is 31.4. The van der Waals surface area contributed by atoms with Gasteiger partial charge >= 0.3 is 0 Å². The second-order valence-electron chi connectivity index (χ2n) is 4.71. The Morgan fingerprint density at radius 1 is 1.27 bits per heavy atom. The van der Waals surface area contributed by atoms with Gasteiger partial charge in [-0.15, -0.1) is 0 Å². The van der Waals surface area contributed by atoms with E-state index >= 15 is 0 Å². The first kappa shape index (κ1) is 11.7. The molecule has 1 saturated carbocycles. The highest BCUT2D eigenvalue weighted by atomic mass is 32.2. The van der Waals surface area contributed by atoms with E-state index in [4.69, 9.17) is 4.74 Å². The fourth-order valence-electron chi connectivity index (χ4n) is 2.48. The molecule has 0 amide bonds. The molecule has 2 aliphatic rings. The lowest BCUT2D eigenvalue weighted by atomic mass is 10.0. The lowest BCUT2D eigenvalue weighted by Gasteiger charge is -2.31. The van der Waals surface area contributed by atoms with Crippen molar-refractivity contribution in [1.29, 1.82) is 0 Å². The zero-order valence-corrected chi connectivity index (χ0v) is 10.5. The fraction of sp³-hybridized carbons (Fsp3) is 1.00. The fourth-order valence-corrected chi connectivity index (χ4v) is 4.04. The van der Waals surface area contributed by atoms with E-state index in [1.54, 1.807) is 0 Å². The monoisotopic (exact) mass is 229 g/mol. The molecule has 1 N–H and O–H groups in total. The maximum Gasteiger partial charge on any atom is 0.0815 e. The Balaban J connectivity index is 1.72. The summed E-state index contributed by atoms with van der Waals surface area (Å²) in [6.45, 7) is 5.29. The van der Waals surface area contributed by atoms with Crippen molar-refractivity contribution in [2.24, 2.45) is 0 Å². The molecule has 0 radical (unpaired) electrons. The van der Waals surface area contributed by atoms with Crippen LogP contribution in [-0.2, 0) is 4.74 Å². The number of ether oxygens (including phenoxy) is 1. The molecule has 0 spiro atoms. The second-order valence-corrected chi connectivity index (χ2v) is 6.40. The summed E-state index contributed by atoms with van der Waals surface area (Å²) in [6.07, 6.45) is 7.62. The van der Waals surface area contributed by atoms with Gasteiger partial charge in [-0.2, -0.15) is 11.8 Å². The molecule has 2 fully saturated rings. The van der Waals surface area contributed by atoms with E-state index in [-0.39, 0.29) is 0 Å². The van der Waals surface area contributed by atoms with Crippen molar-refractivity contribution in [3.05, 3.63) is 0 Å². The zero-order valence-electron chi connectivity index (χ0n) is 9.71. The van der Waals surface area contributed by atoms with E-state index in [1.165, 1.54) is 32.1 Å². The van der Waals surface area contributed by atoms with Crippen molar-refractivity contribution in [3.8, 4) is 0 Å². The van der Waals surface area contributed by atoms with Crippen molar-refractivity contribution in [2.75, 3.05) is 19.7 Å². The second kappa shape index (κ2) is 6.12. The van der Waals surface area contributed by atoms with Gasteiger partial charge in [-0.25, -0.2) is 0 Å².